The Labute approximate surface area is 134 Å². The second-order valence-electron chi connectivity index (χ2n) is 5.39. The van der Waals surface area contributed by atoms with Gasteiger partial charge in [-0.25, -0.2) is 9.97 Å². The van der Waals surface area contributed by atoms with Gasteiger partial charge in [-0.05, 0) is 0 Å². The Morgan fingerprint density at radius 2 is 2.09 bits per heavy atom. The Bertz CT molecular complexity index is 586. The maximum atomic E-state index is 10.5. The van der Waals surface area contributed by atoms with Crippen LogP contribution in [-0.2, 0) is 4.79 Å². The minimum atomic E-state index is -5.19. The molecule has 0 aromatic carbocycles. The largest absolute Gasteiger partial charge is 0.542 e. The van der Waals surface area contributed by atoms with E-state index in [9.17, 15) is 13.2 Å². The van der Waals surface area contributed by atoms with Crippen molar-refractivity contribution in [3.63, 3.8) is 0 Å². The van der Waals surface area contributed by atoms with Crippen molar-refractivity contribution >= 4 is 29.1 Å². The molecule has 7 nitrogen and oxygen atoms in total. The second-order valence-corrected chi connectivity index (χ2v) is 5.75. The van der Waals surface area contributed by atoms with Gasteiger partial charge in [-0.1, -0.05) is 11.6 Å². The first-order valence-corrected chi connectivity index (χ1v) is 7.22. The average Bonchev–Trinajstić information content (AvgIpc) is 3.06. The monoisotopic (exact) mass is 353 g/mol. The number of nitrogens with zero attached hydrogens (tertiary/aromatic N) is 2. The van der Waals surface area contributed by atoms with Crippen LogP contribution in [0.1, 0.15) is 19.3 Å². The molecule has 0 amide bonds. The van der Waals surface area contributed by atoms with E-state index >= 15 is 0 Å². The first-order chi connectivity index (χ1) is 10.7. The van der Waals surface area contributed by atoms with Crippen LogP contribution in [0.3, 0.4) is 0 Å². The molecule has 5 N–H and O–H groups in total. The SMILES string of the molecule is Nc1c(Cl)ncnc1NC1C[C@@H]2CC[C@H]1[NH2+]2.O=C([O-])C(F)(F)F. The fourth-order valence-electron chi connectivity index (χ4n) is 2.81. The van der Waals surface area contributed by atoms with Crippen molar-refractivity contribution in [3.05, 3.63) is 11.5 Å². The molecule has 2 bridgehead atoms. The van der Waals surface area contributed by atoms with Crippen molar-refractivity contribution in [1.29, 1.82) is 0 Å². The first-order valence-electron chi connectivity index (χ1n) is 6.84. The van der Waals surface area contributed by atoms with Crippen molar-refractivity contribution in [3.8, 4) is 0 Å². The van der Waals surface area contributed by atoms with Crippen LogP contribution >= 0.6 is 11.6 Å². The zero-order valence-electron chi connectivity index (χ0n) is 11.8. The van der Waals surface area contributed by atoms with E-state index in [1.54, 1.807) is 0 Å². The number of hydrogen-bond donors (Lipinski definition) is 3. The van der Waals surface area contributed by atoms with E-state index in [2.05, 4.69) is 20.6 Å². The number of carboxylic acids is 1. The molecule has 23 heavy (non-hydrogen) atoms. The zero-order valence-corrected chi connectivity index (χ0v) is 12.6. The smallest absolute Gasteiger partial charge is 0.430 e. The summed E-state index contributed by atoms with van der Waals surface area (Å²) >= 11 is 5.85. The van der Waals surface area contributed by atoms with Gasteiger partial charge in [-0.2, -0.15) is 13.2 Å². The normalized spacial score (nSPS) is 25.7. The van der Waals surface area contributed by atoms with E-state index in [-0.39, 0.29) is 0 Å². The van der Waals surface area contributed by atoms with Crippen molar-refractivity contribution in [1.82, 2.24) is 9.97 Å². The maximum Gasteiger partial charge on any atom is 0.430 e. The Morgan fingerprint density at radius 1 is 1.43 bits per heavy atom. The third-order valence-electron chi connectivity index (χ3n) is 3.85. The van der Waals surface area contributed by atoms with Crippen LogP contribution in [0.2, 0.25) is 5.15 Å². The number of nitrogen functional groups attached to an aromatic ring is 1. The molecular weight excluding hydrogens is 339 g/mol. The molecule has 3 heterocycles. The Hall–Kier alpha value is -1.81. The van der Waals surface area contributed by atoms with Crippen LogP contribution in [0.4, 0.5) is 24.7 Å². The summed E-state index contributed by atoms with van der Waals surface area (Å²) in [6, 6.07) is 1.91. The lowest BCUT2D eigenvalue weighted by Crippen LogP contribution is -2.88. The van der Waals surface area contributed by atoms with Crippen molar-refractivity contribution in [2.24, 2.45) is 0 Å². The summed E-state index contributed by atoms with van der Waals surface area (Å²) in [6.45, 7) is 0. The van der Waals surface area contributed by atoms with Gasteiger partial charge in [0.25, 0.3) is 0 Å². The molecule has 0 spiro atoms. The molecule has 2 fully saturated rings. The van der Waals surface area contributed by atoms with Gasteiger partial charge < -0.3 is 26.3 Å². The number of carbonyl (C=O) groups excluding carboxylic acids is 1. The second kappa shape index (κ2) is 6.75. The Balaban J connectivity index is 0.000000236. The molecule has 0 aliphatic carbocycles. The zero-order chi connectivity index (χ0) is 17.2. The van der Waals surface area contributed by atoms with Crippen molar-refractivity contribution < 1.29 is 28.4 Å². The number of anilines is 2. The average molecular weight is 354 g/mol. The molecule has 128 valence electrons. The quantitative estimate of drug-likeness (QED) is 0.604. The number of fused-ring (bicyclic) bond motifs is 2. The Kier molecular flexibility index (Phi) is 5.15. The van der Waals surface area contributed by atoms with Crippen LogP contribution in [0, 0.1) is 0 Å². The maximum absolute atomic E-state index is 10.5. The van der Waals surface area contributed by atoms with Crippen LogP contribution < -0.4 is 21.5 Å². The number of carboxylic acid groups (broad SMARTS) is 1. The first kappa shape index (κ1) is 17.5. The molecule has 3 rings (SSSR count). The summed E-state index contributed by atoms with van der Waals surface area (Å²) in [7, 11) is 0. The summed E-state index contributed by atoms with van der Waals surface area (Å²) in [5.74, 6) is -2.33. The van der Waals surface area contributed by atoms with E-state index in [0.29, 0.717) is 28.7 Å². The molecule has 11 heteroatoms. The number of aliphatic carboxylic acids is 1. The van der Waals surface area contributed by atoms with E-state index in [1.165, 1.54) is 25.6 Å². The van der Waals surface area contributed by atoms with E-state index in [0.717, 1.165) is 6.04 Å². The van der Waals surface area contributed by atoms with E-state index in [4.69, 9.17) is 27.2 Å². The molecule has 3 atom stereocenters. The van der Waals surface area contributed by atoms with Crippen LogP contribution in [0.15, 0.2) is 6.33 Å². The third kappa shape index (κ3) is 4.35. The molecule has 2 saturated heterocycles. The number of carbonyl (C=O) groups is 1. The summed E-state index contributed by atoms with van der Waals surface area (Å²) in [5, 5.41) is 15.0. The topological polar surface area (TPSA) is 121 Å². The Morgan fingerprint density at radius 3 is 2.57 bits per heavy atom. The fourth-order valence-corrected chi connectivity index (χ4v) is 2.95. The number of hydrogen-bond acceptors (Lipinski definition) is 6. The van der Waals surface area contributed by atoms with Crippen molar-refractivity contribution in [2.45, 2.75) is 43.6 Å². The summed E-state index contributed by atoms with van der Waals surface area (Å²) in [6.07, 6.45) is 0.0492. The lowest BCUT2D eigenvalue weighted by molar-refractivity contribution is -0.681. The fraction of sp³-hybridized carbons (Fsp3) is 0.583. The van der Waals surface area contributed by atoms with E-state index in [1.807, 2.05) is 0 Å². The van der Waals surface area contributed by atoms with Gasteiger partial charge in [-0.3, -0.25) is 0 Å². The lowest BCUT2D eigenvalue weighted by Gasteiger charge is -2.19. The number of aromatic nitrogens is 2. The van der Waals surface area contributed by atoms with Crippen molar-refractivity contribution in [2.75, 3.05) is 11.1 Å². The molecular formula is C12H15ClF3N5O2. The van der Waals surface area contributed by atoms with E-state index < -0.39 is 12.1 Å². The van der Waals surface area contributed by atoms with Crippen LogP contribution in [0.25, 0.3) is 0 Å². The van der Waals surface area contributed by atoms with Gasteiger partial charge in [0, 0.05) is 19.3 Å². The predicted octanol–water partition coefficient (Wildman–Crippen LogP) is -0.711. The summed E-state index contributed by atoms with van der Waals surface area (Å²) in [5.41, 5.74) is 6.28. The minimum Gasteiger partial charge on any atom is -0.542 e. The lowest BCUT2D eigenvalue weighted by atomic mass is 9.95. The highest BCUT2D eigenvalue weighted by Crippen LogP contribution is 2.28. The van der Waals surface area contributed by atoms with Gasteiger partial charge >= 0.3 is 6.18 Å². The van der Waals surface area contributed by atoms with Gasteiger partial charge in [-0.15, -0.1) is 0 Å². The van der Waals surface area contributed by atoms with Gasteiger partial charge in [0.2, 0.25) is 0 Å². The summed E-state index contributed by atoms with van der Waals surface area (Å²) in [4.78, 5) is 16.8. The molecule has 1 aromatic rings. The van der Waals surface area contributed by atoms with Crippen LogP contribution in [-0.4, -0.2) is 40.2 Å². The molecule has 2 aliphatic rings. The number of rotatable bonds is 2. The number of alkyl halides is 3. The number of nitrogens with one attached hydrogen (secondary N) is 1. The molecule has 0 saturated carbocycles. The molecule has 1 aromatic heterocycles. The van der Waals surface area contributed by atoms with Gasteiger partial charge in [0.1, 0.15) is 24.0 Å². The predicted molar refractivity (Wildman–Crippen MR) is 73.3 cm³/mol. The summed E-state index contributed by atoms with van der Waals surface area (Å²) < 4.78 is 31.5. The van der Waals surface area contributed by atoms with Crippen LogP contribution in [0.5, 0.6) is 0 Å². The minimum absolute atomic E-state index is 0.324. The highest BCUT2D eigenvalue weighted by Gasteiger charge is 2.43. The standard InChI is InChI=1S/C10H14ClN5.C2HF3O2/c11-9-8(12)10(14-4-13-9)16-7-3-5-1-2-6(7)15-5;3-2(4,5)1(6)7/h4-7,15H,1-3,12H2,(H,13,14,16);(H,6,7)/t5-,6+,7?;/m0./s1. The number of nitrogens with two attached hydrogens (primary N) is 2. The molecule has 1 unspecified atom stereocenters. The highest BCUT2D eigenvalue weighted by atomic mass is 35.5. The number of halogens is 4. The number of quaternary nitrogens is 1. The van der Waals surface area contributed by atoms with Gasteiger partial charge in [0.15, 0.2) is 11.0 Å². The van der Waals surface area contributed by atoms with Gasteiger partial charge in [0.05, 0.1) is 12.1 Å². The highest BCUT2D eigenvalue weighted by molar-refractivity contribution is 6.32. The third-order valence-corrected chi connectivity index (χ3v) is 4.15. The molecule has 0 radical (unpaired) electrons. The molecule has 2 aliphatic heterocycles.